The van der Waals surface area contributed by atoms with Gasteiger partial charge in [0.15, 0.2) is 0 Å². The fourth-order valence-electron chi connectivity index (χ4n) is 5.63. The molecule has 10 heteroatoms. The molecule has 2 aromatic carbocycles. The lowest BCUT2D eigenvalue weighted by Gasteiger charge is -2.49. The van der Waals surface area contributed by atoms with Gasteiger partial charge in [0.2, 0.25) is 5.91 Å². The number of amides is 1. The maximum Gasteiger partial charge on any atom is 0.416 e. The first-order chi connectivity index (χ1) is 17.8. The number of ether oxygens (including phenoxy) is 2. The zero-order chi connectivity index (χ0) is 26.0. The number of carbonyl (C=O) groups excluding carboxylic acids is 1. The second kappa shape index (κ2) is 10.8. The number of morpholine rings is 1. The van der Waals surface area contributed by atoms with E-state index in [2.05, 4.69) is 20.0 Å². The number of alkyl halides is 3. The molecule has 5 rings (SSSR count). The van der Waals surface area contributed by atoms with Crippen molar-refractivity contribution in [1.29, 1.82) is 0 Å². The first-order valence-corrected chi connectivity index (χ1v) is 12.8. The molecule has 3 aliphatic heterocycles. The number of rotatable bonds is 6. The van der Waals surface area contributed by atoms with E-state index in [0.29, 0.717) is 45.0 Å². The van der Waals surface area contributed by atoms with Crippen molar-refractivity contribution in [1.82, 2.24) is 10.2 Å². The third-order valence-electron chi connectivity index (χ3n) is 7.63. The van der Waals surface area contributed by atoms with E-state index in [1.165, 1.54) is 6.07 Å². The summed E-state index contributed by atoms with van der Waals surface area (Å²) in [7, 11) is 1.63. The second-order valence-corrected chi connectivity index (χ2v) is 9.81. The number of hydrogen-bond donors (Lipinski definition) is 1. The molecule has 1 N–H and O–H groups in total. The Bertz CT molecular complexity index is 1110. The Balaban J connectivity index is 1.37. The molecule has 0 aromatic heterocycles. The molecule has 0 aliphatic carbocycles. The predicted octanol–water partition coefficient (Wildman–Crippen LogP) is 3.03. The van der Waals surface area contributed by atoms with Crippen LogP contribution in [0.25, 0.3) is 0 Å². The molecule has 200 valence electrons. The molecule has 2 fully saturated rings. The molecular formula is C27H33F3N4O3. The van der Waals surface area contributed by atoms with Crippen molar-refractivity contribution in [2.75, 3.05) is 75.9 Å². The highest BCUT2D eigenvalue weighted by Crippen LogP contribution is 2.40. The van der Waals surface area contributed by atoms with Gasteiger partial charge in [-0.05, 0) is 42.3 Å². The minimum atomic E-state index is -4.42. The van der Waals surface area contributed by atoms with E-state index in [-0.39, 0.29) is 18.4 Å². The summed E-state index contributed by atoms with van der Waals surface area (Å²) in [4.78, 5) is 20.1. The molecule has 0 spiro atoms. The third kappa shape index (κ3) is 5.65. The van der Waals surface area contributed by atoms with Crippen molar-refractivity contribution in [2.24, 2.45) is 5.92 Å². The van der Waals surface area contributed by atoms with Crippen LogP contribution in [0.4, 0.5) is 24.5 Å². The molecule has 0 bridgehead atoms. The van der Waals surface area contributed by atoms with E-state index >= 15 is 0 Å². The monoisotopic (exact) mass is 518 g/mol. The standard InChI is InChI=1S/C27H33F3N4O3/c1-36-22-4-2-3-21(17-22)33-9-10-34-24-6-5-20(27(28,29)30)15-19(24)16-23(25(34)18-33)26(35)31-7-8-32-11-13-37-14-12-32/h2-6,15,17,23,25H,7-14,16,18H2,1H3,(H,31,35). The minimum Gasteiger partial charge on any atom is -0.497 e. The Morgan fingerprint density at radius 1 is 1.11 bits per heavy atom. The Kier molecular flexibility index (Phi) is 7.48. The Labute approximate surface area is 215 Å². The molecule has 0 saturated carbocycles. The van der Waals surface area contributed by atoms with Crippen LogP contribution in [0.5, 0.6) is 5.75 Å². The van der Waals surface area contributed by atoms with Crippen LogP contribution >= 0.6 is 0 Å². The Hall–Kier alpha value is -2.98. The van der Waals surface area contributed by atoms with Crippen LogP contribution < -0.4 is 19.9 Å². The molecule has 2 atom stereocenters. The molecule has 3 heterocycles. The molecule has 37 heavy (non-hydrogen) atoms. The van der Waals surface area contributed by atoms with Crippen molar-refractivity contribution < 1.29 is 27.4 Å². The van der Waals surface area contributed by atoms with E-state index < -0.39 is 17.7 Å². The highest BCUT2D eigenvalue weighted by molar-refractivity contribution is 5.82. The quantitative estimate of drug-likeness (QED) is 0.635. The number of hydrogen-bond acceptors (Lipinski definition) is 6. The normalized spacial score (nSPS) is 22.3. The van der Waals surface area contributed by atoms with Crippen LogP contribution in [0.3, 0.4) is 0 Å². The van der Waals surface area contributed by atoms with Gasteiger partial charge in [0.1, 0.15) is 5.75 Å². The number of anilines is 2. The molecule has 7 nitrogen and oxygen atoms in total. The molecule has 2 unspecified atom stereocenters. The lowest BCUT2D eigenvalue weighted by atomic mass is 9.82. The lowest BCUT2D eigenvalue weighted by Crippen LogP contribution is -2.61. The van der Waals surface area contributed by atoms with Crippen LogP contribution in [0.1, 0.15) is 11.1 Å². The highest BCUT2D eigenvalue weighted by Gasteiger charge is 2.42. The van der Waals surface area contributed by atoms with Crippen molar-refractivity contribution in [3.63, 3.8) is 0 Å². The SMILES string of the molecule is COc1cccc(N2CCN3c4ccc(C(F)(F)F)cc4CC(C(=O)NCCN4CCOCC4)C3C2)c1. The molecule has 0 radical (unpaired) electrons. The minimum absolute atomic E-state index is 0.112. The van der Waals surface area contributed by atoms with E-state index in [4.69, 9.17) is 9.47 Å². The molecule has 2 aromatic rings. The Morgan fingerprint density at radius 2 is 1.92 bits per heavy atom. The fourth-order valence-corrected chi connectivity index (χ4v) is 5.63. The van der Waals surface area contributed by atoms with Gasteiger partial charge in [-0.2, -0.15) is 13.2 Å². The van der Waals surface area contributed by atoms with Gasteiger partial charge < -0.3 is 24.6 Å². The zero-order valence-corrected chi connectivity index (χ0v) is 21.0. The van der Waals surface area contributed by atoms with E-state index in [9.17, 15) is 18.0 Å². The Morgan fingerprint density at radius 3 is 2.68 bits per heavy atom. The molecule has 2 saturated heterocycles. The summed E-state index contributed by atoms with van der Waals surface area (Å²) >= 11 is 0. The van der Waals surface area contributed by atoms with Gasteiger partial charge >= 0.3 is 6.18 Å². The largest absolute Gasteiger partial charge is 0.497 e. The predicted molar refractivity (Wildman–Crippen MR) is 135 cm³/mol. The lowest BCUT2D eigenvalue weighted by molar-refractivity contribution is -0.137. The van der Waals surface area contributed by atoms with Crippen molar-refractivity contribution in [3.05, 3.63) is 53.6 Å². The van der Waals surface area contributed by atoms with E-state index in [1.807, 2.05) is 24.3 Å². The average molecular weight is 519 g/mol. The first-order valence-electron chi connectivity index (χ1n) is 12.8. The summed E-state index contributed by atoms with van der Waals surface area (Å²) in [6, 6.07) is 11.6. The van der Waals surface area contributed by atoms with E-state index in [0.717, 1.165) is 42.8 Å². The maximum atomic E-state index is 13.5. The zero-order valence-electron chi connectivity index (χ0n) is 21.0. The van der Waals surface area contributed by atoms with Gasteiger partial charge in [-0.3, -0.25) is 9.69 Å². The first kappa shape index (κ1) is 25.7. The number of methoxy groups -OCH3 is 1. The van der Waals surface area contributed by atoms with Crippen LogP contribution in [0, 0.1) is 5.92 Å². The third-order valence-corrected chi connectivity index (χ3v) is 7.63. The molecular weight excluding hydrogens is 485 g/mol. The van der Waals surface area contributed by atoms with E-state index in [1.54, 1.807) is 13.2 Å². The number of nitrogens with one attached hydrogen (secondary N) is 1. The fraction of sp³-hybridized carbons (Fsp3) is 0.519. The second-order valence-electron chi connectivity index (χ2n) is 9.81. The number of benzene rings is 2. The summed E-state index contributed by atoms with van der Waals surface area (Å²) in [5, 5.41) is 3.07. The van der Waals surface area contributed by atoms with Crippen LogP contribution in [-0.4, -0.2) is 83.0 Å². The number of nitrogens with zero attached hydrogens (tertiary/aromatic N) is 3. The topological polar surface area (TPSA) is 57.3 Å². The van der Waals surface area contributed by atoms with Crippen LogP contribution in [0.2, 0.25) is 0 Å². The summed E-state index contributed by atoms with van der Waals surface area (Å²) in [6.45, 7) is 6.15. The molecule has 3 aliphatic rings. The van der Waals surface area contributed by atoms with Gasteiger partial charge in [-0.15, -0.1) is 0 Å². The van der Waals surface area contributed by atoms with Gasteiger partial charge in [0.05, 0.1) is 37.8 Å². The smallest absolute Gasteiger partial charge is 0.416 e. The number of fused-ring (bicyclic) bond motifs is 3. The number of carbonyl (C=O) groups is 1. The van der Waals surface area contributed by atoms with Gasteiger partial charge in [0.25, 0.3) is 0 Å². The summed E-state index contributed by atoms with van der Waals surface area (Å²) in [5.41, 5.74) is 1.70. The number of halogens is 3. The van der Waals surface area contributed by atoms with Crippen molar-refractivity contribution in [2.45, 2.75) is 18.6 Å². The van der Waals surface area contributed by atoms with Crippen molar-refractivity contribution >= 4 is 17.3 Å². The average Bonchev–Trinajstić information content (AvgIpc) is 2.92. The summed E-state index contributed by atoms with van der Waals surface area (Å²) in [6.07, 6.45) is -4.15. The molecule has 1 amide bonds. The van der Waals surface area contributed by atoms with Crippen LogP contribution in [0.15, 0.2) is 42.5 Å². The number of piperazine rings is 1. The van der Waals surface area contributed by atoms with Gasteiger partial charge in [-0.1, -0.05) is 6.07 Å². The summed E-state index contributed by atoms with van der Waals surface area (Å²) in [5.74, 6) is 0.180. The van der Waals surface area contributed by atoms with Gasteiger partial charge in [-0.25, -0.2) is 0 Å². The van der Waals surface area contributed by atoms with Crippen molar-refractivity contribution in [3.8, 4) is 5.75 Å². The van der Waals surface area contributed by atoms with Gasteiger partial charge in [0, 0.05) is 63.3 Å². The maximum absolute atomic E-state index is 13.5. The summed E-state index contributed by atoms with van der Waals surface area (Å²) < 4.78 is 51.2. The van der Waals surface area contributed by atoms with Crippen LogP contribution in [-0.2, 0) is 22.1 Å². The highest BCUT2D eigenvalue weighted by atomic mass is 19.4.